The van der Waals surface area contributed by atoms with Crippen LogP contribution in [0.2, 0.25) is 0 Å². The number of carbonyl (C=O) groups excluding carboxylic acids is 1. The average molecular weight is 502 g/mol. The summed E-state index contributed by atoms with van der Waals surface area (Å²) in [4.78, 5) is 12.1. The number of ether oxygens (including phenoxy) is 4. The van der Waals surface area contributed by atoms with Gasteiger partial charge in [0.2, 0.25) is 11.8 Å². The molecule has 1 fully saturated rings. The van der Waals surface area contributed by atoms with Crippen molar-refractivity contribution in [1.29, 1.82) is 0 Å². The summed E-state index contributed by atoms with van der Waals surface area (Å²) in [7, 11) is 1.31. The number of fused-ring (bicyclic) bond motifs is 1. The lowest BCUT2D eigenvalue weighted by Gasteiger charge is -2.36. The van der Waals surface area contributed by atoms with E-state index in [0.717, 1.165) is 21.4 Å². The van der Waals surface area contributed by atoms with Gasteiger partial charge in [-0.05, 0) is 30.5 Å². The van der Waals surface area contributed by atoms with E-state index >= 15 is 0 Å². The van der Waals surface area contributed by atoms with Gasteiger partial charge < -0.3 is 24.2 Å². The molecule has 2 heterocycles. The van der Waals surface area contributed by atoms with Crippen LogP contribution in [0, 0.1) is 5.21 Å². The minimum Gasteiger partial charge on any atom is -0.623 e. The van der Waals surface area contributed by atoms with Gasteiger partial charge in [-0.25, -0.2) is 4.74 Å². The van der Waals surface area contributed by atoms with Crippen LogP contribution in [0.3, 0.4) is 0 Å². The van der Waals surface area contributed by atoms with E-state index in [4.69, 9.17) is 18.9 Å². The monoisotopic (exact) mass is 501 g/mol. The van der Waals surface area contributed by atoms with Gasteiger partial charge in [0.25, 0.3) is 0 Å². The van der Waals surface area contributed by atoms with Gasteiger partial charge in [0, 0.05) is 0 Å². The Morgan fingerprint density at radius 1 is 0.892 bits per heavy atom. The van der Waals surface area contributed by atoms with Crippen molar-refractivity contribution in [2.75, 3.05) is 13.7 Å². The molecular weight excluding hydrogens is 470 g/mol. The second-order valence-corrected chi connectivity index (χ2v) is 9.75. The van der Waals surface area contributed by atoms with Crippen LogP contribution in [0.25, 0.3) is 0 Å². The van der Waals surface area contributed by atoms with Crippen molar-refractivity contribution in [3.05, 3.63) is 113 Å². The zero-order valence-electron chi connectivity index (χ0n) is 21.2. The van der Waals surface area contributed by atoms with Gasteiger partial charge >= 0.3 is 5.97 Å². The van der Waals surface area contributed by atoms with Gasteiger partial charge in [-0.1, -0.05) is 91.0 Å². The molecule has 0 N–H and O–H groups in total. The zero-order chi connectivity index (χ0) is 26.0. The molecule has 7 nitrogen and oxygen atoms in total. The highest BCUT2D eigenvalue weighted by Gasteiger charge is 2.59. The van der Waals surface area contributed by atoms with Crippen molar-refractivity contribution in [2.45, 2.75) is 49.9 Å². The first-order chi connectivity index (χ1) is 17.9. The van der Waals surface area contributed by atoms with E-state index < -0.39 is 35.6 Å². The second kappa shape index (κ2) is 10.1. The number of hydrogen-bond acceptors (Lipinski definition) is 6. The maximum Gasteiger partial charge on any atom is 0.312 e. The zero-order valence-corrected chi connectivity index (χ0v) is 21.2. The number of hydrogen-bond donors (Lipinski definition) is 0. The van der Waals surface area contributed by atoms with Gasteiger partial charge in [0.15, 0.2) is 18.0 Å². The molecule has 0 radical (unpaired) electrons. The van der Waals surface area contributed by atoms with Crippen molar-refractivity contribution in [1.82, 2.24) is 0 Å². The highest BCUT2D eigenvalue weighted by molar-refractivity contribution is 5.88. The molecule has 7 heteroatoms. The van der Waals surface area contributed by atoms with Crippen LogP contribution in [-0.2, 0) is 29.3 Å². The summed E-state index contributed by atoms with van der Waals surface area (Å²) >= 11 is 0. The van der Waals surface area contributed by atoms with Crippen LogP contribution in [-0.4, -0.2) is 54.2 Å². The van der Waals surface area contributed by atoms with E-state index in [-0.39, 0.29) is 13.0 Å². The minimum absolute atomic E-state index is 0.0273. The predicted octanol–water partition coefficient (Wildman–Crippen LogP) is 4.41. The van der Waals surface area contributed by atoms with Gasteiger partial charge in [0.1, 0.15) is 18.6 Å². The van der Waals surface area contributed by atoms with Crippen LogP contribution < -0.4 is 0 Å². The smallest absolute Gasteiger partial charge is 0.312 e. The van der Waals surface area contributed by atoms with Crippen molar-refractivity contribution in [3.63, 3.8) is 0 Å². The van der Waals surface area contributed by atoms with Crippen molar-refractivity contribution in [2.24, 2.45) is 0 Å². The maximum absolute atomic E-state index is 13.5. The fourth-order valence-electron chi connectivity index (χ4n) is 5.35. The van der Waals surface area contributed by atoms with Crippen LogP contribution in [0.15, 0.2) is 91.0 Å². The molecule has 192 valence electrons. The highest BCUT2D eigenvalue weighted by Crippen LogP contribution is 2.42. The van der Waals surface area contributed by atoms with Crippen LogP contribution in [0.4, 0.5) is 0 Å². The molecule has 3 aromatic carbocycles. The highest BCUT2D eigenvalue weighted by atomic mass is 16.8. The lowest BCUT2D eigenvalue weighted by Crippen LogP contribution is -2.39. The number of nitrogens with zero attached hydrogens (tertiary/aromatic N) is 1. The summed E-state index contributed by atoms with van der Waals surface area (Å²) in [5.74, 6) is -1.38. The van der Waals surface area contributed by atoms with Gasteiger partial charge in [0.05, 0.1) is 7.11 Å². The van der Waals surface area contributed by atoms with Crippen LogP contribution >= 0.6 is 0 Å². The van der Waals surface area contributed by atoms with Gasteiger partial charge in [-0.2, -0.15) is 0 Å². The normalized spacial score (nSPS) is 22.6. The van der Waals surface area contributed by atoms with Gasteiger partial charge in [-0.15, -0.1) is 0 Å². The lowest BCUT2D eigenvalue weighted by molar-refractivity contribution is -0.505. The fraction of sp³-hybridized carbons (Fsp3) is 0.333. The number of benzene rings is 3. The summed E-state index contributed by atoms with van der Waals surface area (Å²) in [5, 5.41) is 13.5. The van der Waals surface area contributed by atoms with Gasteiger partial charge in [-0.3, -0.25) is 4.79 Å². The molecule has 0 aromatic heterocycles. The summed E-state index contributed by atoms with van der Waals surface area (Å²) in [6, 6.07) is 29.1. The molecule has 1 saturated heterocycles. The number of esters is 1. The Kier molecular flexibility index (Phi) is 6.86. The molecule has 0 bridgehead atoms. The summed E-state index contributed by atoms with van der Waals surface area (Å²) in [5.41, 5.74) is 2.17. The average Bonchev–Trinajstić information content (AvgIpc) is 3.36. The van der Waals surface area contributed by atoms with E-state index in [0.29, 0.717) is 5.71 Å². The third kappa shape index (κ3) is 4.66. The standard InChI is InChI=1S/C30H31NO6/c1-29(2)36-27-24(19-26(32)34-3)31(33)25(28(27)37-29)20-35-30(21-13-7-4-8-14-21,22-15-9-5-10-16-22)23-17-11-6-12-18-23/h4-18,24,27-28H,19-20H2,1-3H3/t24-,27-,28+/m0/s1. The molecule has 37 heavy (non-hydrogen) atoms. The number of methoxy groups -OCH3 is 1. The van der Waals surface area contributed by atoms with E-state index in [2.05, 4.69) is 0 Å². The lowest BCUT2D eigenvalue weighted by atomic mass is 9.80. The molecule has 0 saturated carbocycles. The Labute approximate surface area is 216 Å². The van der Waals surface area contributed by atoms with Crippen LogP contribution in [0.5, 0.6) is 0 Å². The van der Waals surface area contributed by atoms with Crippen molar-refractivity contribution >= 4 is 11.7 Å². The molecule has 0 aliphatic carbocycles. The van der Waals surface area contributed by atoms with E-state index in [1.54, 1.807) is 13.8 Å². The molecule has 0 spiro atoms. The Morgan fingerprint density at radius 3 is 1.84 bits per heavy atom. The van der Waals surface area contributed by atoms with E-state index in [9.17, 15) is 10.0 Å². The molecule has 2 aliphatic rings. The Morgan fingerprint density at radius 2 is 1.38 bits per heavy atom. The number of hydroxylamine groups is 1. The van der Waals surface area contributed by atoms with E-state index in [1.807, 2.05) is 91.0 Å². The first-order valence-corrected chi connectivity index (χ1v) is 12.4. The third-order valence-corrected chi connectivity index (χ3v) is 7.00. The summed E-state index contributed by atoms with van der Waals surface area (Å²) < 4.78 is 24.8. The summed E-state index contributed by atoms with van der Waals surface area (Å²) in [6.45, 7) is 3.58. The number of carbonyl (C=O) groups is 1. The first-order valence-electron chi connectivity index (χ1n) is 12.4. The molecule has 0 unspecified atom stereocenters. The first kappa shape index (κ1) is 25.1. The van der Waals surface area contributed by atoms with Crippen molar-refractivity contribution in [3.8, 4) is 0 Å². The Balaban J connectivity index is 1.59. The fourth-order valence-corrected chi connectivity index (χ4v) is 5.35. The molecule has 5 rings (SSSR count). The Bertz CT molecular complexity index is 1160. The molecule has 0 amide bonds. The minimum atomic E-state index is -0.997. The van der Waals surface area contributed by atoms with E-state index in [1.165, 1.54) is 7.11 Å². The maximum atomic E-state index is 13.5. The SMILES string of the molecule is COC(=O)C[C@H]1[C@@H]2OC(C)(C)O[C@@H]2C(COC(c2ccccc2)(c2ccccc2)c2ccccc2)=[N+]1[O-]. The topological polar surface area (TPSA) is 80.1 Å². The molecule has 3 aromatic rings. The summed E-state index contributed by atoms with van der Waals surface area (Å²) in [6.07, 6.45) is -1.35. The van der Waals surface area contributed by atoms with Crippen molar-refractivity contribution < 1.29 is 28.5 Å². The van der Waals surface area contributed by atoms with Crippen LogP contribution in [0.1, 0.15) is 37.0 Å². The molecular formula is C30H31NO6. The largest absolute Gasteiger partial charge is 0.623 e. The second-order valence-electron chi connectivity index (χ2n) is 9.75. The predicted molar refractivity (Wildman–Crippen MR) is 138 cm³/mol. The quantitative estimate of drug-likeness (QED) is 0.197. The molecule has 3 atom stereocenters. The molecule has 2 aliphatic heterocycles. The number of rotatable bonds is 8. The third-order valence-electron chi connectivity index (χ3n) is 7.00. The Hall–Kier alpha value is -3.52.